The van der Waals surface area contributed by atoms with E-state index in [1.807, 2.05) is 17.0 Å². The van der Waals surface area contributed by atoms with Crippen molar-refractivity contribution in [3.63, 3.8) is 0 Å². The maximum absolute atomic E-state index is 12.3. The molecule has 0 saturated heterocycles. The fraction of sp³-hybridized carbons (Fsp3) is 0.421. The molecule has 2 amide bonds. The number of rotatable bonds is 2. The summed E-state index contributed by atoms with van der Waals surface area (Å²) < 4.78 is 31.7. The smallest absolute Gasteiger partial charge is 0.475 e. The number of carbonyl (C=O) groups excluding carboxylic acids is 1. The molecule has 0 unspecified atom stereocenters. The van der Waals surface area contributed by atoms with Crippen molar-refractivity contribution < 1.29 is 27.9 Å². The van der Waals surface area contributed by atoms with Gasteiger partial charge in [-0.1, -0.05) is 0 Å². The van der Waals surface area contributed by atoms with Gasteiger partial charge < -0.3 is 15.3 Å². The first kappa shape index (κ1) is 21.5. The zero-order chi connectivity index (χ0) is 21.7. The average Bonchev–Trinajstić information content (AvgIpc) is 3.54. The molecule has 2 aliphatic rings. The molecule has 30 heavy (non-hydrogen) atoms. The first-order chi connectivity index (χ1) is 14.3. The van der Waals surface area contributed by atoms with Gasteiger partial charge in [0.2, 0.25) is 0 Å². The van der Waals surface area contributed by atoms with Crippen molar-refractivity contribution in [1.82, 2.24) is 25.2 Å². The second kappa shape index (κ2) is 9.06. The van der Waals surface area contributed by atoms with E-state index in [1.54, 1.807) is 18.7 Å². The summed E-state index contributed by atoms with van der Waals surface area (Å²) in [5.74, 6) is -2.76. The van der Waals surface area contributed by atoms with E-state index in [0.717, 1.165) is 48.2 Å². The molecule has 2 aromatic heterocycles. The minimum absolute atomic E-state index is 0.0544. The van der Waals surface area contributed by atoms with Gasteiger partial charge in [0.15, 0.2) is 0 Å². The lowest BCUT2D eigenvalue weighted by Crippen LogP contribution is -2.42. The van der Waals surface area contributed by atoms with E-state index in [4.69, 9.17) is 9.90 Å². The molecule has 0 bridgehead atoms. The summed E-state index contributed by atoms with van der Waals surface area (Å²) in [4.78, 5) is 36.1. The standard InChI is InChI=1S/C17H19N5O.C2HF3O2/c23-17(21-13-1-2-13)22-9-5-14-15(6-10-22)19-11-20-16(14)12-3-7-18-8-4-12;3-2(4,5)1(6)7/h3-4,7-8,11,13H,1-2,5-6,9-10H2,(H,21,23);(H,6,7). The van der Waals surface area contributed by atoms with Crippen LogP contribution in [-0.2, 0) is 17.6 Å². The summed E-state index contributed by atoms with van der Waals surface area (Å²) in [6, 6.07) is 4.37. The van der Waals surface area contributed by atoms with Gasteiger partial charge in [0.1, 0.15) is 6.33 Å². The Morgan fingerprint density at radius 1 is 1.10 bits per heavy atom. The number of amides is 2. The van der Waals surface area contributed by atoms with Crippen LogP contribution in [-0.4, -0.2) is 62.3 Å². The Morgan fingerprint density at radius 2 is 1.73 bits per heavy atom. The topological polar surface area (TPSA) is 108 Å². The molecule has 3 heterocycles. The van der Waals surface area contributed by atoms with Crippen LogP contribution in [0.5, 0.6) is 0 Å². The second-order valence-corrected chi connectivity index (χ2v) is 6.90. The highest BCUT2D eigenvalue weighted by molar-refractivity contribution is 5.75. The number of nitrogens with zero attached hydrogens (tertiary/aromatic N) is 4. The van der Waals surface area contributed by atoms with Crippen LogP contribution in [0.25, 0.3) is 11.3 Å². The lowest BCUT2D eigenvalue weighted by Gasteiger charge is -2.20. The zero-order valence-corrected chi connectivity index (χ0v) is 15.9. The number of aromatic nitrogens is 3. The van der Waals surface area contributed by atoms with Crippen molar-refractivity contribution in [3.05, 3.63) is 42.1 Å². The lowest BCUT2D eigenvalue weighted by molar-refractivity contribution is -0.192. The molecule has 11 heteroatoms. The van der Waals surface area contributed by atoms with Gasteiger partial charge in [-0.25, -0.2) is 19.6 Å². The van der Waals surface area contributed by atoms with Gasteiger partial charge in [-0.05, 0) is 31.4 Å². The van der Waals surface area contributed by atoms with Crippen LogP contribution in [0.15, 0.2) is 30.9 Å². The molecule has 0 spiro atoms. The number of carboxylic acid groups (broad SMARTS) is 1. The van der Waals surface area contributed by atoms with E-state index in [1.165, 1.54) is 0 Å². The number of hydrogen-bond donors (Lipinski definition) is 2. The zero-order valence-electron chi connectivity index (χ0n) is 15.9. The van der Waals surface area contributed by atoms with Crippen LogP contribution in [0.4, 0.5) is 18.0 Å². The van der Waals surface area contributed by atoms with E-state index >= 15 is 0 Å². The number of fused-ring (bicyclic) bond motifs is 1. The van der Waals surface area contributed by atoms with Gasteiger partial charge in [0.25, 0.3) is 0 Å². The third kappa shape index (κ3) is 5.65. The van der Waals surface area contributed by atoms with Gasteiger partial charge in [-0.3, -0.25) is 4.98 Å². The highest BCUT2D eigenvalue weighted by Crippen LogP contribution is 2.25. The average molecular weight is 423 g/mol. The summed E-state index contributed by atoms with van der Waals surface area (Å²) in [6.45, 7) is 1.41. The van der Waals surface area contributed by atoms with Crippen molar-refractivity contribution in [1.29, 1.82) is 0 Å². The van der Waals surface area contributed by atoms with Crippen LogP contribution in [0.3, 0.4) is 0 Å². The SMILES string of the molecule is O=C(NC1CC1)N1CCc2ncnc(-c3ccncc3)c2CC1.O=C(O)C(F)(F)F. The summed E-state index contributed by atoms with van der Waals surface area (Å²) >= 11 is 0. The fourth-order valence-corrected chi connectivity index (χ4v) is 2.98. The summed E-state index contributed by atoms with van der Waals surface area (Å²) in [5.41, 5.74) is 4.21. The number of nitrogens with one attached hydrogen (secondary N) is 1. The summed E-state index contributed by atoms with van der Waals surface area (Å²) in [6.07, 6.45) is 3.86. The summed E-state index contributed by atoms with van der Waals surface area (Å²) in [7, 11) is 0. The van der Waals surface area contributed by atoms with Gasteiger partial charge in [-0.15, -0.1) is 0 Å². The van der Waals surface area contributed by atoms with Crippen molar-refractivity contribution in [2.24, 2.45) is 0 Å². The first-order valence-corrected chi connectivity index (χ1v) is 9.34. The molecule has 1 fully saturated rings. The Hall–Kier alpha value is -3.24. The molecule has 2 aromatic rings. The molecule has 1 aliphatic carbocycles. The van der Waals surface area contributed by atoms with Crippen molar-refractivity contribution in [3.8, 4) is 11.3 Å². The van der Waals surface area contributed by atoms with Crippen molar-refractivity contribution >= 4 is 12.0 Å². The van der Waals surface area contributed by atoms with E-state index in [0.29, 0.717) is 19.1 Å². The quantitative estimate of drug-likeness (QED) is 0.768. The van der Waals surface area contributed by atoms with E-state index < -0.39 is 12.1 Å². The molecule has 0 radical (unpaired) electrons. The third-order valence-corrected chi connectivity index (χ3v) is 4.67. The number of halogens is 3. The number of carboxylic acids is 1. The normalized spacial score (nSPS) is 15.9. The van der Waals surface area contributed by atoms with Crippen LogP contribution < -0.4 is 5.32 Å². The van der Waals surface area contributed by atoms with Crippen molar-refractivity contribution in [2.75, 3.05) is 13.1 Å². The Balaban J connectivity index is 0.000000318. The molecule has 1 aliphatic heterocycles. The third-order valence-electron chi connectivity index (χ3n) is 4.67. The number of carbonyl (C=O) groups is 2. The molecule has 2 N–H and O–H groups in total. The maximum atomic E-state index is 12.3. The number of alkyl halides is 3. The minimum atomic E-state index is -5.08. The molecular weight excluding hydrogens is 403 g/mol. The number of urea groups is 1. The second-order valence-electron chi connectivity index (χ2n) is 6.90. The van der Waals surface area contributed by atoms with E-state index in [9.17, 15) is 18.0 Å². The molecule has 1 saturated carbocycles. The van der Waals surface area contributed by atoms with Gasteiger partial charge in [0.05, 0.1) is 5.69 Å². The largest absolute Gasteiger partial charge is 0.490 e. The van der Waals surface area contributed by atoms with Crippen LogP contribution in [0.1, 0.15) is 24.1 Å². The Labute approximate surface area is 170 Å². The van der Waals surface area contributed by atoms with Crippen LogP contribution in [0, 0.1) is 0 Å². The Morgan fingerprint density at radius 3 is 2.33 bits per heavy atom. The van der Waals surface area contributed by atoms with Gasteiger partial charge in [-0.2, -0.15) is 13.2 Å². The molecule has 0 atom stereocenters. The molecular formula is C19H20F3N5O3. The minimum Gasteiger partial charge on any atom is -0.475 e. The maximum Gasteiger partial charge on any atom is 0.490 e. The van der Waals surface area contributed by atoms with E-state index in [-0.39, 0.29) is 6.03 Å². The number of pyridine rings is 1. The lowest BCUT2D eigenvalue weighted by atomic mass is 10.0. The number of hydrogen-bond acceptors (Lipinski definition) is 5. The molecule has 8 nitrogen and oxygen atoms in total. The first-order valence-electron chi connectivity index (χ1n) is 9.34. The summed E-state index contributed by atoms with van der Waals surface area (Å²) in [5, 5.41) is 10.2. The fourth-order valence-electron chi connectivity index (χ4n) is 2.98. The van der Waals surface area contributed by atoms with Gasteiger partial charge in [0, 0.05) is 54.8 Å². The van der Waals surface area contributed by atoms with Crippen LogP contribution in [0.2, 0.25) is 0 Å². The monoisotopic (exact) mass is 423 g/mol. The Kier molecular flexibility index (Phi) is 6.48. The van der Waals surface area contributed by atoms with Gasteiger partial charge >= 0.3 is 18.2 Å². The predicted molar refractivity (Wildman–Crippen MR) is 99.5 cm³/mol. The van der Waals surface area contributed by atoms with E-state index in [2.05, 4.69) is 20.3 Å². The highest BCUT2D eigenvalue weighted by Gasteiger charge is 2.38. The predicted octanol–water partition coefficient (Wildman–Crippen LogP) is 2.44. The number of aliphatic carboxylic acids is 1. The molecule has 4 rings (SSSR count). The highest BCUT2D eigenvalue weighted by atomic mass is 19.4. The van der Waals surface area contributed by atoms with Crippen LogP contribution >= 0.6 is 0 Å². The molecule has 0 aromatic carbocycles. The Bertz CT molecular complexity index is 904. The van der Waals surface area contributed by atoms with Crippen molar-refractivity contribution in [2.45, 2.75) is 37.9 Å². The molecule has 160 valence electrons.